The van der Waals surface area contributed by atoms with Crippen molar-refractivity contribution >= 4 is 35.0 Å². The number of hydrogen-bond acceptors (Lipinski definition) is 2. The van der Waals surface area contributed by atoms with Gasteiger partial charge in [-0.25, -0.2) is 4.39 Å². The highest BCUT2D eigenvalue weighted by molar-refractivity contribution is 6.35. The summed E-state index contributed by atoms with van der Waals surface area (Å²) in [6, 6.07) is 11.0. The predicted octanol–water partition coefficient (Wildman–Crippen LogP) is 3.50. The summed E-state index contributed by atoms with van der Waals surface area (Å²) in [4.78, 5) is 23.5. The van der Waals surface area contributed by atoms with E-state index in [0.29, 0.717) is 23.0 Å². The van der Waals surface area contributed by atoms with E-state index in [9.17, 15) is 14.0 Å². The van der Waals surface area contributed by atoms with Crippen LogP contribution in [0, 0.1) is 5.82 Å². The SMILES string of the molecule is O=C(CC(=O)NCc1ccc(F)cc1)NCCc1ccc(Cl)cc1Cl. The maximum Gasteiger partial charge on any atom is 0.229 e. The van der Waals surface area contributed by atoms with Gasteiger partial charge in [-0.2, -0.15) is 0 Å². The molecule has 132 valence electrons. The average molecular weight is 383 g/mol. The summed E-state index contributed by atoms with van der Waals surface area (Å²) in [6.45, 7) is 0.609. The van der Waals surface area contributed by atoms with Gasteiger partial charge in [0.05, 0.1) is 0 Å². The molecular weight excluding hydrogens is 366 g/mol. The second kappa shape index (κ2) is 9.39. The third-order valence-corrected chi connectivity index (χ3v) is 4.04. The lowest BCUT2D eigenvalue weighted by Gasteiger charge is -2.08. The number of benzene rings is 2. The molecule has 0 radical (unpaired) electrons. The van der Waals surface area contributed by atoms with Gasteiger partial charge < -0.3 is 10.6 Å². The van der Waals surface area contributed by atoms with E-state index in [1.807, 2.05) is 0 Å². The molecule has 0 unspecified atom stereocenters. The van der Waals surface area contributed by atoms with Crippen molar-refractivity contribution in [3.63, 3.8) is 0 Å². The molecule has 0 aromatic heterocycles. The van der Waals surface area contributed by atoms with Gasteiger partial charge in [0, 0.05) is 23.1 Å². The van der Waals surface area contributed by atoms with Crippen molar-refractivity contribution in [3.8, 4) is 0 Å². The third-order valence-electron chi connectivity index (χ3n) is 3.46. The number of halogens is 3. The Kier molecular flexibility index (Phi) is 7.22. The molecular formula is C18H17Cl2FN2O2. The number of hydrogen-bond donors (Lipinski definition) is 2. The number of rotatable bonds is 7. The predicted molar refractivity (Wildman–Crippen MR) is 96.0 cm³/mol. The van der Waals surface area contributed by atoms with Crippen LogP contribution in [0.15, 0.2) is 42.5 Å². The van der Waals surface area contributed by atoms with Crippen molar-refractivity contribution in [1.82, 2.24) is 10.6 Å². The zero-order valence-corrected chi connectivity index (χ0v) is 14.8. The van der Waals surface area contributed by atoms with E-state index in [2.05, 4.69) is 10.6 Å². The minimum atomic E-state index is -0.397. The van der Waals surface area contributed by atoms with Crippen molar-refractivity contribution in [2.45, 2.75) is 19.4 Å². The molecule has 0 spiro atoms. The molecule has 2 aromatic carbocycles. The Hall–Kier alpha value is -2.11. The van der Waals surface area contributed by atoms with Crippen molar-refractivity contribution in [2.24, 2.45) is 0 Å². The second-order valence-corrected chi connectivity index (χ2v) is 6.26. The third kappa shape index (κ3) is 6.72. The lowest BCUT2D eigenvalue weighted by atomic mass is 10.1. The van der Waals surface area contributed by atoms with Crippen LogP contribution >= 0.6 is 23.2 Å². The molecule has 7 heteroatoms. The highest BCUT2D eigenvalue weighted by Gasteiger charge is 2.09. The van der Waals surface area contributed by atoms with Gasteiger partial charge in [-0.1, -0.05) is 41.4 Å². The molecule has 4 nitrogen and oxygen atoms in total. The van der Waals surface area contributed by atoms with Crippen molar-refractivity contribution in [2.75, 3.05) is 6.54 Å². The maximum absolute atomic E-state index is 12.8. The van der Waals surface area contributed by atoms with E-state index in [0.717, 1.165) is 11.1 Å². The Morgan fingerprint density at radius 3 is 2.32 bits per heavy atom. The van der Waals surface area contributed by atoms with Crippen LogP contribution in [-0.2, 0) is 22.6 Å². The van der Waals surface area contributed by atoms with Crippen LogP contribution in [0.25, 0.3) is 0 Å². The molecule has 0 saturated heterocycles. The Balaban J connectivity index is 1.68. The summed E-state index contributed by atoms with van der Waals surface area (Å²) in [5, 5.41) is 6.38. The summed E-state index contributed by atoms with van der Waals surface area (Å²) in [5.74, 6) is -1.11. The normalized spacial score (nSPS) is 10.4. The molecule has 0 heterocycles. The zero-order chi connectivity index (χ0) is 18.2. The van der Waals surface area contributed by atoms with Crippen LogP contribution in [-0.4, -0.2) is 18.4 Å². The number of carbonyl (C=O) groups is 2. The monoisotopic (exact) mass is 382 g/mol. The van der Waals surface area contributed by atoms with Crippen LogP contribution in [0.5, 0.6) is 0 Å². The van der Waals surface area contributed by atoms with E-state index in [4.69, 9.17) is 23.2 Å². The molecule has 0 aliphatic heterocycles. The molecule has 2 amide bonds. The van der Waals surface area contributed by atoms with E-state index >= 15 is 0 Å². The first kappa shape index (κ1) is 19.2. The molecule has 0 aliphatic carbocycles. The number of nitrogens with one attached hydrogen (secondary N) is 2. The molecule has 0 atom stereocenters. The van der Waals surface area contributed by atoms with Crippen LogP contribution in [0.3, 0.4) is 0 Å². The minimum absolute atomic E-state index is 0.243. The lowest BCUT2D eigenvalue weighted by molar-refractivity contribution is -0.129. The average Bonchev–Trinajstić information content (AvgIpc) is 2.56. The largest absolute Gasteiger partial charge is 0.355 e. The van der Waals surface area contributed by atoms with Crippen LogP contribution < -0.4 is 10.6 Å². The highest BCUT2D eigenvalue weighted by atomic mass is 35.5. The number of amides is 2. The molecule has 2 aromatic rings. The van der Waals surface area contributed by atoms with Gasteiger partial charge in [-0.05, 0) is 41.8 Å². The van der Waals surface area contributed by atoms with Gasteiger partial charge in [-0.3, -0.25) is 9.59 Å². The van der Waals surface area contributed by atoms with Gasteiger partial charge in [0.25, 0.3) is 0 Å². The summed E-state index contributed by atoms with van der Waals surface area (Å²) < 4.78 is 12.8. The molecule has 25 heavy (non-hydrogen) atoms. The smallest absolute Gasteiger partial charge is 0.229 e. The second-order valence-electron chi connectivity index (χ2n) is 5.42. The first-order chi connectivity index (χ1) is 11.9. The fourth-order valence-corrected chi connectivity index (χ4v) is 2.64. The lowest BCUT2D eigenvalue weighted by Crippen LogP contribution is -2.32. The molecule has 0 aliphatic rings. The first-order valence-electron chi connectivity index (χ1n) is 7.66. The molecule has 2 rings (SSSR count). The van der Waals surface area contributed by atoms with Crippen LogP contribution in [0.1, 0.15) is 17.5 Å². The Morgan fingerprint density at radius 2 is 1.64 bits per heavy atom. The zero-order valence-electron chi connectivity index (χ0n) is 13.3. The maximum atomic E-state index is 12.8. The molecule has 0 fully saturated rings. The molecule has 2 N–H and O–H groups in total. The van der Waals surface area contributed by atoms with Crippen molar-refractivity contribution in [1.29, 1.82) is 0 Å². The standard InChI is InChI=1S/C18H17Cl2FN2O2/c19-14-4-3-13(16(20)9-14)7-8-22-17(24)10-18(25)23-11-12-1-5-15(21)6-2-12/h1-6,9H,7-8,10-11H2,(H,22,24)(H,23,25). The van der Waals surface area contributed by atoms with Gasteiger partial charge in [0.1, 0.15) is 12.2 Å². The fraction of sp³-hybridized carbons (Fsp3) is 0.222. The summed E-state index contributed by atoms with van der Waals surface area (Å²) in [6.07, 6.45) is 0.272. The number of carbonyl (C=O) groups excluding carboxylic acids is 2. The van der Waals surface area contributed by atoms with Crippen molar-refractivity contribution < 1.29 is 14.0 Å². The Morgan fingerprint density at radius 1 is 0.960 bits per heavy atom. The van der Waals surface area contributed by atoms with Crippen LogP contribution in [0.2, 0.25) is 10.0 Å². The topological polar surface area (TPSA) is 58.2 Å². The van der Waals surface area contributed by atoms with E-state index in [1.165, 1.54) is 12.1 Å². The van der Waals surface area contributed by atoms with Gasteiger partial charge in [0.2, 0.25) is 11.8 Å². The molecule has 0 saturated carbocycles. The van der Waals surface area contributed by atoms with Gasteiger partial charge >= 0.3 is 0 Å². The Labute approximate surface area is 155 Å². The summed E-state index contributed by atoms with van der Waals surface area (Å²) in [5.41, 5.74) is 1.62. The van der Waals surface area contributed by atoms with E-state index in [1.54, 1.807) is 30.3 Å². The van der Waals surface area contributed by atoms with Crippen molar-refractivity contribution in [3.05, 3.63) is 69.5 Å². The van der Waals surface area contributed by atoms with Crippen LogP contribution in [0.4, 0.5) is 4.39 Å². The highest BCUT2D eigenvalue weighted by Crippen LogP contribution is 2.21. The summed E-state index contributed by atoms with van der Waals surface area (Å²) in [7, 11) is 0. The van der Waals surface area contributed by atoms with Gasteiger partial charge in [0.15, 0.2) is 0 Å². The fourth-order valence-electron chi connectivity index (χ4n) is 2.13. The minimum Gasteiger partial charge on any atom is -0.355 e. The quantitative estimate of drug-likeness (QED) is 0.720. The van der Waals surface area contributed by atoms with Gasteiger partial charge in [-0.15, -0.1) is 0 Å². The molecule has 0 bridgehead atoms. The Bertz CT molecular complexity index is 751. The summed E-state index contributed by atoms with van der Waals surface area (Å²) >= 11 is 11.9. The van der Waals surface area contributed by atoms with E-state index < -0.39 is 5.91 Å². The first-order valence-corrected chi connectivity index (χ1v) is 8.41. The van der Waals surface area contributed by atoms with E-state index in [-0.39, 0.29) is 24.7 Å².